The summed E-state index contributed by atoms with van der Waals surface area (Å²) in [7, 11) is 1.33. The highest BCUT2D eigenvalue weighted by Crippen LogP contribution is 2.24. The Morgan fingerprint density at radius 1 is 1.06 bits per heavy atom. The number of Topliss-reactive ketones (excluding diaryl/α,β-unsaturated/α-hetero) is 1. The van der Waals surface area contributed by atoms with Gasteiger partial charge in [0, 0.05) is 29.9 Å². The molecule has 2 aromatic rings. The van der Waals surface area contributed by atoms with E-state index in [0.29, 0.717) is 41.4 Å². The molecule has 0 saturated heterocycles. The summed E-state index contributed by atoms with van der Waals surface area (Å²) in [5.41, 5.74) is 3.85. The Hall–Kier alpha value is -2.89. The minimum atomic E-state index is -0.464. The molecule has 1 amide bonds. The molecular formula is C25H34N2O4. The van der Waals surface area contributed by atoms with Crippen LogP contribution in [0.1, 0.15) is 75.2 Å². The lowest BCUT2D eigenvalue weighted by molar-refractivity contribution is 0.0587. The Labute approximate surface area is 185 Å². The standard InChI is InChI=1S/C25H34N2O4/c1-8-27-19(6)22(18(5)23(27)25(30)31-7)21(28)15-26(14-13-16(2)3)24(29)20-11-9-17(4)10-12-20/h9-12,16H,8,13-15H2,1-7H3. The van der Waals surface area contributed by atoms with Crippen molar-refractivity contribution in [1.82, 2.24) is 9.47 Å². The van der Waals surface area contributed by atoms with Crippen molar-refractivity contribution >= 4 is 17.7 Å². The molecule has 31 heavy (non-hydrogen) atoms. The number of ether oxygens (including phenoxy) is 1. The molecule has 0 saturated carbocycles. The maximum Gasteiger partial charge on any atom is 0.354 e. The van der Waals surface area contributed by atoms with E-state index in [9.17, 15) is 14.4 Å². The Balaban J connectivity index is 2.39. The Morgan fingerprint density at radius 3 is 2.19 bits per heavy atom. The molecule has 6 nitrogen and oxygen atoms in total. The van der Waals surface area contributed by atoms with E-state index in [0.717, 1.165) is 17.7 Å². The van der Waals surface area contributed by atoms with Crippen molar-refractivity contribution in [2.75, 3.05) is 20.2 Å². The van der Waals surface area contributed by atoms with Crippen LogP contribution in [0.5, 0.6) is 0 Å². The van der Waals surface area contributed by atoms with Gasteiger partial charge in [-0.15, -0.1) is 0 Å². The first-order valence-corrected chi connectivity index (χ1v) is 10.8. The first-order valence-electron chi connectivity index (χ1n) is 10.8. The zero-order chi connectivity index (χ0) is 23.3. The van der Waals surface area contributed by atoms with Gasteiger partial charge in [0.2, 0.25) is 0 Å². The van der Waals surface area contributed by atoms with Crippen LogP contribution in [-0.4, -0.2) is 47.3 Å². The zero-order valence-electron chi connectivity index (χ0n) is 19.7. The predicted molar refractivity (Wildman–Crippen MR) is 122 cm³/mol. The van der Waals surface area contributed by atoms with Crippen molar-refractivity contribution in [3.05, 3.63) is 57.9 Å². The minimum Gasteiger partial charge on any atom is -0.464 e. The smallest absolute Gasteiger partial charge is 0.354 e. The van der Waals surface area contributed by atoms with Gasteiger partial charge < -0.3 is 14.2 Å². The topological polar surface area (TPSA) is 68.6 Å². The summed E-state index contributed by atoms with van der Waals surface area (Å²) in [6.07, 6.45) is 0.798. The van der Waals surface area contributed by atoms with Crippen molar-refractivity contribution in [3.63, 3.8) is 0 Å². The lowest BCUT2D eigenvalue weighted by atomic mass is 10.0. The third-order valence-electron chi connectivity index (χ3n) is 5.64. The Bertz CT molecular complexity index is 955. The molecule has 0 unspecified atom stereocenters. The van der Waals surface area contributed by atoms with Gasteiger partial charge in [-0.1, -0.05) is 31.5 Å². The molecule has 1 aromatic carbocycles. The van der Waals surface area contributed by atoms with Gasteiger partial charge in [0.05, 0.1) is 13.7 Å². The Kier molecular flexibility index (Phi) is 8.20. The first-order chi connectivity index (χ1) is 14.6. The number of carbonyl (C=O) groups is 3. The van der Waals surface area contributed by atoms with Crippen molar-refractivity contribution in [1.29, 1.82) is 0 Å². The van der Waals surface area contributed by atoms with Crippen molar-refractivity contribution < 1.29 is 19.1 Å². The lowest BCUT2D eigenvalue weighted by Gasteiger charge is -2.23. The molecule has 0 N–H and O–H groups in total. The monoisotopic (exact) mass is 426 g/mol. The van der Waals surface area contributed by atoms with E-state index in [1.807, 2.05) is 32.9 Å². The van der Waals surface area contributed by atoms with Crippen molar-refractivity contribution in [2.45, 2.75) is 54.5 Å². The van der Waals surface area contributed by atoms with E-state index in [1.54, 1.807) is 28.5 Å². The van der Waals surface area contributed by atoms with Crippen LogP contribution in [0.3, 0.4) is 0 Å². The number of rotatable bonds is 9. The summed E-state index contributed by atoms with van der Waals surface area (Å²) in [5.74, 6) is -0.392. The van der Waals surface area contributed by atoms with Gasteiger partial charge in [0.25, 0.3) is 5.91 Å². The van der Waals surface area contributed by atoms with E-state index in [2.05, 4.69) is 13.8 Å². The molecule has 0 fully saturated rings. The summed E-state index contributed by atoms with van der Waals surface area (Å²) in [4.78, 5) is 40.5. The van der Waals surface area contributed by atoms with Crippen LogP contribution in [0, 0.1) is 26.7 Å². The number of benzene rings is 1. The zero-order valence-corrected chi connectivity index (χ0v) is 19.7. The largest absolute Gasteiger partial charge is 0.464 e. The lowest BCUT2D eigenvalue weighted by Crippen LogP contribution is -2.37. The maximum atomic E-state index is 13.4. The molecular weight excluding hydrogens is 392 g/mol. The number of hydrogen-bond acceptors (Lipinski definition) is 4. The van der Waals surface area contributed by atoms with Crippen LogP contribution in [0.4, 0.5) is 0 Å². The molecule has 0 radical (unpaired) electrons. The van der Waals surface area contributed by atoms with Crippen LogP contribution in [0.25, 0.3) is 0 Å². The minimum absolute atomic E-state index is 0.0323. The molecule has 0 bridgehead atoms. The normalized spacial score (nSPS) is 11.0. The molecule has 0 aliphatic heterocycles. The van der Waals surface area contributed by atoms with Gasteiger partial charge in [-0.05, 0) is 57.7 Å². The van der Waals surface area contributed by atoms with Crippen LogP contribution >= 0.6 is 0 Å². The molecule has 0 aliphatic rings. The molecule has 1 aromatic heterocycles. The van der Waals surface area contributed by atoms with Gasteiger partial charge >= 0.3 is 5.97 Å². The number of esters is 1. The number of carbonyl (C=O) groups excluding carboxylic acids is 3. The van der Waals surface area contributed by atoms with Crippen molar-refractivity contribution in [2.24, 2.45) is 5.92 Å². The molecule has 2 rings (SSSR count). The van der Waals surface area contributed by atoms with Gasteiger partial charge in [0.1, 0.15) is 5.69 Å². The van der Waals surface area contributed by atoms with E-state index < -0.39 is 5.97 Å². The van der Waals surface area contributed by atoms with Crippen molar-refractivity contribution in [3.8, 4) is 0 Å². The highest BCUT2D eigenvalue weighted by Gasteiger charge is 2.28. The number of nitrogens with zero attached hydrogens (tertiary/aromatic N) is 2. The number of methoxy groups -OCH3 is 1. The predicted octanol–water partition coefficient (Wildman–Crippen LogP) is 4.59. The van der Waals surface area contributed by atoms with Gasteiger partial charge in [-0.2, -0.15) is 0 Å². The third kappa shape index (κ3) is 5.43. The molecule has 168 valence electrons. The van der Waals surface area contributed by atoms with Gasteiger partial charge in [-0.25, -0.2) is 4.79 Å². The average Bonchev–Trinajstić information content (AvgIpc) is 2.99. The van der Waals surface area contributed by atoms with E-state index in [4.69, 9.17) is 4.74 Å². The van der Waals surface area contributed by atoms with Crippen LogP contribution in [0.2, 0.25) is 0 Å². The maximum absolute atomic E-state index is 13.4. The number of ketones is 1. The second-order valence-corrected chi connectivity index (χ2v) is 8.37. The third-order valence-corrected chi connectivity index (χ3v) is 5.64. The van der Waals surface area contributed by atoms with E-state index in [-0.39, 0.29) is 18.2 Å². The first kappa shape index (κ1) is 24.4. The fourth-order valence-electron chi connectivity index (χ4n) is 3.86. The number of amides is 1. The van der Waals surface area contributed by atoms with Crippen LogP contribution in [0.15, 0.2) is 24.3 Å². The average molecular weight is 427 g/mol. The number of aryl methyl sites for hydroxylation is 1. The molecule has 0 spiro atoms. The summed E-state index contributed by atoms with van der Waals surface area (Å²) in [6, 6.07) is 7.38. The molecule has 0 atom stereocenters. The second kappa shape index (κ2) is 10.4. The summed E-state index contributed by atoms with van der Waals surface area (Å²) >= 11 is 0. The summed E-state index contributed by atoms with van der Waals surface area (Å²) in [6.45, 7) is 12.7. The number of aromatic nitrogens is 1. The van der Waals surface area contributed by atoms with Gasteiger partial charge in [-0.3, -0.25) is 9.59 Å². The molecule has 6 heteroatoms. The Morgan fingerprint density at radius 2 is 1.68 bits per heavy atom. The highest BCUT2D eigenvalue weighted by molar-refractivity contribution is 6.06. The quantitative estimate of drug-likeness (QED) is 0.434. The molecule has 1 heterocycles. The van der Waals surface area contributed by atoms with Gasteiger partial charge in [0.15, 0.2) is 5.78 Å². The fourth-order valence-corrected chi connectivity index (χ4v) is 3.86. The van der Waals surface area contributed by atoms with E-state index >= 15 is 0 Å². The van der Waals surface area contributed by atoms with Crippen LogP contribution < -0.4 is 0 Å². The highest BCUT2D eigenvalue weighted by atomic mass is 16.5. The van der Waals surface area contributed by atoms with E-state index in [1.165, 1.54) is 7.11 Å². The number of hydrogen-bond donors (Lipinski definition) is 0. The summed E-state index contributed by atoms with van der Waals surface area (Å²) < 4.78 is 6.72. The van der Waals surface area contributed by atoms with Crippen LogP contribution in [-0.2, 0) is 11.3 Å². The second-order valence-electron chi connectivity index (χ2n) is 8.37. The SMILES string of the molecule is CCn1c(C)c(C(=O)CN(CCC(C)C)C(=O)c2ccc(C)cc2)c(C)c1C(=O)OC. The fraction of sp³-hybridized carbons (Fsp3) is 0.480. The summed E-state index contributed by atoms with van der Waals surface area (Å²) in [5, 5.41) is 0. The molecule has 0 aliphatic carbocycles.